The molecular weight excluding hydrogens is 402 g/mol. The Morgan fingerprint density at radius 1 is 1.13 bits per heavy atom. The molecule has 0 saturated heterocycles. The summed E-state index contributed by atoms with van der Waals surface area (Å²) in [4.78, 5) is 25.4. The van der Waals surface area contributed by atoms with Gasteiger partial charge in [-0.15, -0.1) is 0 Å². The Labute approximate surface area is 178 Å². The van der Waals surface area contributed by atoms with Gasteiger partial charge in [0, 0.05) is 11.5 Å². The van der Waals surface area contributed by atoms with E-state index in [-0.39, 0.29) is 34.6 Å². The van der Waals surface area contributed by atoms with Gasteiger partial charge >= 0.3 is 0 Å². The number of amides is 2. The predicted molar refractivity (Wildman–Crippen MR) is 113 cm³/mol. The van der Waals surface area contributed by atoms with Crippen LogP contribution < -0.4 is 15.8 Å². The number of primary amides is 1. The molecule has 1 aromatic rings. The lowest BCUT2D eigenvalue weighted by molar-refractivity contribution is -0.148. The summed E-state index contributed by atoms with van der Waals surface area (Å²) in [5, 5.41) is 3.13. The Bertz CT molecular complexity index is 972. The van der Waals surface area contributed by atoms with Gasteiger partial charge in [0.2, 0.25) is 21.8 Å². The summed E-state index contributed by atoms with van der Waals surface area (Å²) >= 11 is 0. The van der Waals surface area contributed by atoms with E-state index in [1.165, 1.54) is 6.07 Å². The van der Waals surface area contributed by atoms with Crippen LogP contribution in [-0.4, -0.2) is 31.8 Å². The number of nitrogens with two attached hydrogens (primary N) is 1. The maximum absolute atomic E-state index is 13.1. The number of hydrogen-bond acceptors (Lipinski definition) is 4. The second-order valence-electron chi connectivity index (χ2n) is 10.2. The fourth-order valence-corrected chi connectivity index (χ4v) is 7.60. The molecule has 30 heavy (non-hydrogen) atoms. The number of carbonyl (C=O) groups is 2. The maximum atomic E-state index is 13.1. The zero-order valence-electron chi connectivity index (χ0n) is 17.8. The molecule has 4 aliphatic carbocycles. The largest absolute Gasteiger partial charge is 0.369 e. The second kappa shape index (κ2) is 7.05. The van der Waals surface area contributed by atoms with Crippen LogP contribution in [-0.2, 0) is 19.6 Å². The fraction of sp³-hybridized carbons (Fsp3) is 0.636. The van der Waals surface area contributed by atoms with Crippen molar-refractivity contribution in [1.29, 1.82) is 0 Å². The number of benzene rings is 1. The highest BCUT2D eigenvalue weighted by atomic mass is 32.2. The van der Waals surface area contributed by atoms with Crippen LogP contribution in [0.2, 0.25) is 0 Å². The van der Waals surface area contributed by atoms with Crippen LogP contribution in [0.5, 0.6) is 0 Å². The molecule has 1 aromatic carbocycles. The van der Waals surface area contributed by atoms with Gasteiger partial charge in [0.05, 0.1) is 4.90 Å². The van der Waals surface area contributed by atoms with E-state index in [1.807, 2.05) is 13.0 Å². The van der Waals surface area contributed by atoms with Crippen molar-refractivity contribution < 1.29 is 18.0 Å². The standard InChI is InChI=1S/C22H31N3O4S/c1-13-5-4-6-17(7-13)30(28,29)25-21(2,3)20(27)24-18-15-8-14-9-16(18)12-22(10-14,11-15)19(23)26/h4-7,14-16,18,25H,8-12H2,1-3H3,(H2,23,26)(H,24,27). The number of rotatable bonds is 6. The molecule has 0 heterocycles. The molecule has 4 bridgehead atoms. The van der Waals surface area contributed by atoms with E-state index in [2.05, 4.69) is 10.0 Å². The SMILES string of the molecule is Cc1cccc(S(=O)(=O)NC(C)(C)C(=O)NC2C3CC4CC2CC(C(N)=O)(C4)C3)c1. The van der Waals surface area contributed by atoms with Crippen LogP contribution in [0.3, 0.4) is 0 Å². The molecule has 4 fully saturated rings. The number of carbonyl (C=O) groups excluding carboxylic acids is 2. The molecule has 4 aliphatic rings. The summed E-state index contributed by atoms with van der Waals surface area (Å²) in [7, 11) is -3.84. The van der Waals surface area contributed by atoms with E-state index in [0.29, 0.717) is 5.92 Å². The van der Waals surface area contributed by atoms with Crippen LogP contribution >= 0.6 is 0 Å². The smallest absolute Gasteiger partial charge is 0.241 e. The van der Waals surface area contributed by atoms with Crippen molar-refractivity contribution in [2.75, 3.05) is 0 Å². The van der Waals surface area contributed by atoms with E-state index in [1.54, 1.807) is 26.0 Å². The molecule has 2 amide bonds. The molecule has 4 saturated carbocycles. The first-order chi connectivity index (χ1) is 13.9. The van der Waals surface area contributed by atoms with E-state index in [4.69, 9.17) is 5.73 Å². The van der Waals surface area contributed by atoms with Crippen LogP contribution in [0.4, 0.5) is 0 Å². The minimum Gasteiger partial charge on any atom is -0.369 e. The maximum Gasteiger partial charge on any atom is 0.241 e. The van der Waals surface area contributed by atoms with Gasteiger partial charge in [-0.25, -0.2) is 8.42 Å². The van der Waals surface area contributed by atoms with Crippen molar-refractivity contribution in [3.63, 3.8) is 0 Å². The first-order valence-electron chi connectivity index (χ1n) is 10.6. The van der Waals surface area contributed by atoms with E-state index >= 15 is 0 Å². The second-order valence-corrected chi connectivity index (χ2v) is 11.8. The molecule has 2 atom stereocenters. The van der Waals surface area contributed by atoms with Gasteiger partial charge in [-0.2, -0.15) is 4.72 Å². The Morgan fingerprint density at radius 3 is 2.33 bits per heavy atom. The van der Waals surface area contributed by atoms with E-state index in [9.17, 15) is 18.0 Å². The average Bonchev–Trinajstić information content (AvgIpc) is 2.63. The van der Waals surface area contributed by atoms with Crippen LogP contribution in [0.15, 0.2) is 29.2 Å². The quantitative estimate of drug-likeness (QED) is 0.634. The first-order valence-corrected chi connectivity index (χ1v) is 12.1. The predicted octanol–water partition coefficient (Wildman–Crippen LogP) is 1.85. The van der Waals surface area contributed by atoms with Gasteiger partial charge in [-0.05, 0) is 88.3 Å². The molecule has 5 rings (SSSR count). The number of nitrogens with one attached hydrogen (secondary N) is 2. The van der Waals surface area contributed by atoms with Gasteiger partial charge in [0.1, 0.15) is 5.54 Å². The number of sulfonamides is 1. The lowest BCUT2D eigenvalue weighted by Gasteiger charge is -2.59. The third-order valence-electron chi connectivity index (χ3n) is 7.35. The van der Waals surface area contributed by atoms with Crippen LogP contribution in [0, 0.1) is 30.1 Å². The molecule has 0 radical (unpaired) electrons. The van der Waals surface area contributed by atoms with Gasteiger partial charge in [-0.1, -0.05) is 12.1 Å². The zero-order chi connectivity index (χ0) is 21.9. The van der Waals surface area contributed by atoms with E-state index < -0.39 is 21.0 Å². The summed E-state index contributed by atoms with van der Waals surface area (Å²) in [6.07, 6.45) is 4.29. The monoisotopic (exact) mass is 433 g/mol. The summed E-state index contributed by atoms with van der Waals surface area (Å²) in [5.74, 6) is 0.381. The van der Waals surface area contributed by atoms with E-state index in [0.717, 1.165) is 37.7 Å². The minimum absolute atomic E-state index is 0.0377. The topological polar surface area (TPSA) is 118 Å². The third-order valence-corrected chi connectivity index (χ3v) is 9.00. The Morgan fingerprint density at radius 2 is 1.77 bits per heavy atom. The molecule has 8 heteroatoms. The number of hydrogen-bond donors (Lipinski definition) is 3. The molecule has 0 aliphatic heterocycles. The highest BCUT2D eigenvalue weighted by molar-refractivity contribution is 7.89. The van der Waals surface area contributed by atoms with Gasteiger partial charge in [-0.3, -0.25) is 9.59 Å². The Balaban J connectivity index is 1.48. The third kappa shape index (κ3) is 3.64. The fourth-order valence-electron chi connectivity index (χ4n) is 6.12. The Hall–Kier alpha value is -1.93. The average molecular weight is 434 g/mol. The summed E-state index contributed by atoms with van der Waals surface area (Å²) in [5.41, 5.74) is 4.85. The van der Waals surface area contributed by atoms with Crippen molar-refractivity contribution in [2.45, 2.75) is 69.4 Å². The van der Waals surface area contributed by atoms with Crippen LogP contribution in [0.25, 0.3) is 0 Å². The molecular formula is C22H31N3O4S. The highest BCUT2D eigenvalue weighted by Gasteiger charge is 2.58. The molecule has 164 valence electrons. The molecule has 0 spiro atoms. The highest BCUT2D eigenvalue weighted by Crippen LogP contribution is 2.59. The zero-order valence-corrected chi connectivity index (χ0v) is 18.6. The van der Waals surface area contributed by atoms with Crippen molar-refractivity contribution in [2.24, 2.45) is 28.9 Å². The molecule has 2 unspecified atom stereocenters. The lowest BCUT2D eigenvalue weighted by atomic mass is 9.47. The van der Waals surface area contributed by atoms with Crippen molar-refractivity contribution in [3.8, 4) is 0 Å². The summed E-state index contributed by atoms with van der Waals surface area (Å²) in [6.45, 7) is 4.98. The number of aryl methyl sites for hydroxylation is 1. The van der Waals surface area contributed by atoms with Crippen molar-refractivity contribution in [1.82, 2.24) is 10.0 Å². The Kier molecular flexibility index (Phi) is 5.01. The minimum atomic E-state index is -3.84. The van der Waals surface area contributed by atoms with Gasteiger partial charge in [0.15, 0.2) is 0 Å². The summed E-state index contributed by atoms with van der Waals surface area (Å²) < 4.78 is 28.2. The normalized spacial score (nSPS) is 32.8. The van der Waals surface area contributed by atoms with Gasteiger partial charge < -0.3 is 11.1 Å². The molecule has 4 N–H and O–H groups in total. The summed E-state index contributed by atoms with van der Waals surface area (Å²) in [6, 6.07) is 6.56. The van der Waals surface area contributed by atoms with Gasteiger partial charge in [0.25, 0.3) is 0 Å². The first kappa shape index (κ1) is 21.3. The van der Waals surface area contributed by atoms with Crippen molar-refractivity contribution in [3.05, 3.63) is 29.8 Å². The lowest BCUT2D eigenvalue weighted by Crippen LogP contribution is -2.65. The molecule has 7 nitrogen and oxygen atoms in total. The molecule has 0 aromatic heterocycles. The van der Waals surface area contributed by atoms with Crippen molar-refractivity contribution >= 4 is 21.8 Å². The van der Waals surface area contributed by atoms with Crippen LogP contribution in [0.1, 0.15) is 51.5 Å².